The van der Waals surface area contributed by atoms with E-state index in [-0.39, 0.29) is 18.3 Å². The zero-order chi connectivity index (χ0) is 18.9. The lowest BCUT2D eigenvalue weighted by molar-refractivity contribution is -0.119. The lowest BCUT2D eigenvalue weighted by atomic mass is 10.1. The quantitative estimate of drug-likeness (QED) is 0.718. The molecule has 140 valence electrons. The molecule has 0 radical (unpaired) electrons. The van der Waals surface area contributed by atoms with Gasteiger partial charge in [0.25, 0.3) is 0 Å². The van der Waals surface area contributed by atoms with Crippen LogP contribution in [-0.2, 0) is 11.2 Å². The van der Waals surface area contributed by atoms with Gasteiger partial charge in [0.15, 0.2) is 0 Å². The van der Waals surface area contributed by atoms with Crippen molar-refractivity contribution in [3.8, 4) is 0 Å². The van der Waals surface area contributed by atoms with Crippen molar-refractivity contribution in [1.29, 1.82) is 0 Å². The molecule has 0 heterocycles. The number of rotatable bonds is 9. The summed E-state index contributed by atoms with van der Waals surface area (Å²) in [7, 11) is 0. The van der Waals surface area contributed by atoms with E-state index in [1.54, 1.807) is 18.2 Å². The summed E-state index contributed by atoms with van der Waals surface area (Å²) < 4.78 is 13.5. The van der Waals surface area contributed by atoms with E-state index < -0.39 is 0 Å². The average molecular weight is 357 g/mol. The van der Waals surface area contributed by atoms with E-state index in [1.165, 1.54) is 11.8 Å². The van der Waals surface area contributed by atoms with E-state index in [0.717, 1.165) is 24.3 Å². The van der Waals surface area contributed by atoms with Crippen molar-refractivity contribution in [2.75, 3.05) is 36.4 Å². The first-order valence-electron chi connectivity index (χ1n) is 9.14. The first kappa shape index (κ1) is 19.8. The van der Waals surface area contributed by atoms with Gasteiger partial charge >= 0.3 is 0 Å². The Morgan fingerprint density at radius 1 is 1.12 bits per heavy atom. The Morgan fingerprint density at radius 3 is 2.50 bits per heavy atom. The van der Waals surface area contributed by atoms with Crippen molar-refractivity contribution < 1.29 is 9.18 Å². The highest BCUT2D eigenvalue weighted by molar-refractivity contribution is 5.81. The normalized spacial score (nSPS) is 10.5. The predicted octanol–water partition coefficient (Wildman–Crippen LogP) is 3.75. The number of carbonyl (C=O) groups is 1. The fourth-order valence-electron chi connectivity index (χ4n) is 2.91. The maximum atomic E-state index is 13.5. The summed E-state index contributed by atoms with van der Waals surface area (Å²) in [4.78, 5) is 14.3. The lowest BCUT2D eigenvalue weighted by Gasteiger charge is -2.22. The van der Waals surface area contributed by atoms with Crippen molar-refractivity contribution in [2.24, 2.45) is 0 Å². The van der Waals surface area contributed by atoms with Gasteiger partial charge in [-0.15, -0.1) is 0 Å². The van der Waals surface area contributed by atoms with Crippen LogP contribution in [0.1, 0.15) is 25.0 Å². The lowest BCUT2D eigenvalue weighted by Crippen LogP contribution is -2.31. The molecule has 4 nitrogen and oxygen atoms in total. The zero-order valence-electron chi connectivity index (χ0n) is 15.8. The first-order chi connectivity index (χ1) is 12.5. The zero-order valence-corrected chi connectivity index (χ0v) is 15.8. The van der Waals surface area contributed by atoms with Crippen LogP contribution in [0.25, 0.3) is 0 Å². The molecule has 0 saturated carbocycles. The highest BCUT2D eigenvalue weighted by Crippen LogP contribution is 2.22. The predicted molar refractivity (Wildman–Crippen MR) is 106 cm³/mol. The number of hydrogen-bond acceptors (Lipinski definition) is 3. The minimum absolute atomic E-state index is 0.103. The van der Waals surface area contributed by atoms with Crippen molar-refractivity contribution in [3.05, 3.63) is 59.4 Å². The summed E-state index contributed by atoms with van der Waals surface area (Å²) in [6.07, 6.45) is 0.482. The molecular formula is C21H28FN3O. The highest BCUT2D eigenvalue weighted by atomic mass is 19.1. The Morgan fingerprint density at radius 2 is 1.85 bits per heavy atom. The molecule has 2 rings (SSSR count). The topological polar surface area (TPSA) is 44.4 Å². The third-order valence-corrected chi connectivity index (χ3v) is 4.45. The Bertz CT molecular complexity index is 729. The smallest absolute Gasteiger partial charge is 0.239 e. The standard InChI is InChI=1S/C21H28FN3O/c1-4-25(5-2)18-10-11-20(16(3)14-18)24-15-21(26)23-13-12-17-8-6-7-9-19(17)22/h6-11,14,24H,4-5,12-13,15H2,1-3H3,(H,23,26). The molecule has 5 heteroatoms. The van der Waals surface area contributed by atoms with Crippen LogP contribution in [0.3, 0.4) is 0 Å². The van der Waals surface area contributed by atoms with Crippen LogP contribution in [0.15, 0.2) is 42.5 Å². The third-order valence-electron chi connectivity index (χ3n) is 4.45. The van der Waals surface area contributed by atoms with Crippen LogP contribution >= 0.6 is 0 Å². The highest BCUT2D eigenvalue weighted by Gasteiger charge is 2.07. The molecule has 0 aliphatic heterocycles. The summed E-state index contributed by atoms with van der Waals surface area (Å²) in [6, 6.07) is 12.8. The van der Waals surface area contributed by atoms with Gasteiger partial charge in [-0.3, -0.25) is 4.79 Å². The molecule has 0 saturated heterocycles. The van der Waals surface area contributed by atoms with Gasteiger partial charge in [0.05, 0.1) is 6.54 Å². The third kappa shape index (κ3) is 5.48. The SMILES string of the molecule is CCN(CC)c1ccc(NCC(=O)NCCc2ccccc2F)c(C)c1. The maximum Gasteiger partial charge on any atom is 0.239 e. The Kier molecular flexibility index (Phi) is 7.45. The van der Waals surface area contributed by atoms with Crippen molar-refractivity contribution in [1.82, 2.24) is 5.32 Å². The summed E-state index contributed by atoms with van der Waals surface area (Å²) >= 11 is 0. The van der Waals surface area contributed by atoms with Gasteiger partial charge in [-0.2, -0.15) is 0 Å². The molecule has 0 fully saturated rings. The number of anilines is 2. The fourth-order valence-corrected chi connectivity index (χ4v) is 2.91. The second-order valence-corrected chi connectivity index (χ2v) is 6.22. The van der Waals surface area contributed by atoms with E-state index in [4.69, 9.17) is 0 Å². The summed E-state index contributed by atoms with van der Waals surface area (Å²) in [5, 5.41) is 5.99. The molecule has 0 aliphatic rings. The van der Waals surface area contributed by atoms with E-state index in [1.807, 2.05) is 13.0 Å². The fraction of sp³-hybridized carbons (Fsp3) is 0.381. The van der Waals surface area contributed by atoms with Gasteiger partial charge < -0.3 is 15.5 Å². The molecular weight excluding hydrogens is 329 g/mol. The Labute approximate surface area is 155 Å². The number of hydrogen-bond donors (Lipinski definition) is 2. The molecule has 0 atom stereocenters. The van der Waals surface area contributed by atoms with Crippen LogP contribution in [0, 0.1) is 12.7 Å². The van der Waals surface area contributed by atoms with E-state index in [9.17, 15) is 9.18 Å². The molecule has 0 unspecified atom stereocenters. The van der Waals surface area contributed by atoms with Gasteiger partial charge in [-0.1, -0.05) is 18.2 Å². The van der Waals surface area contributed by atoms with Gasteiger partial charge in [-0.05, 0) is 62.6 Å². The second-order valence-electron chi connectivity index (χ2n) is 6.22. The average Bonchev–Trinajstić information content (AvgIpc) is 2.63. The van der Waals surface area contributed by atoms with Gasteiger partial charge in [0.1, 0.15) is 5.82 Å². The minimum atomic E-state index is -0.233. The van der Waals surface area contributed by atoms with Crippen LogP contribution in [-0.4, -0.2) is 32.1 Å². The Hall–Kier alpha value is -2.56. The molecule has 0 spiro atoms. The van der Waals surface area contributed by atoms with E-state index >= 15 is 0 Å². The van der Waals surface area contributed by atoms with Crippen molar-refractivity contribution in [3.63, 3.8) is 0 Å². The first-order valence-corrected chi connectivity index (χ1v) is 9.14. The van der Waals surface area contributed by atoms with Crippen molar-refractivity contribution >= 4 is 17.3 Å². The minimum Gasteiger partial charge on any atom is -0.376 e. The number of benzene rings is 2. The van der Waals surface area contributed by atoms with Gasteiger partial charge in [0.2, 0.25) is 5.91 Å². The number of halogens is 1. The summed E-state index contributed by atoms with van der Waals surface area (Å²) in [6.45, 7) is 8.85. The maximum absolute atomic E-state index is 13.5. The van der Waals surface area contributed by atoms with Crippen LogP contribution in [0.5, 0.6) is 0 Å². The molecule has 2 N–H and O–H groups in total. The van der Waals surface area contributed by atoms with Crippen LogP contribution in [0.4, 0.5) is 15.8 Å². The Balaban J connectivity index is 1.81. The van der Waals surface area contributed by atoms with Gasteiger partial charge in [-0.25, -0.2) is 4.39 Å². The van der Waals surface area contributed by atoms with Gasteiger partial charge in [0, 0.05) is 31.0 Å². The molecule has 1 amide bonds. The van der Waals surface area contributed by atoms with E-state index in [0.29, 0.717) is 18.5 Å². The number of nitrogens with one attached hydrogen (secondary N) is 2. The van der Waals surface area contributed by atoms with E-state index in [2.05, 4.69) is 41.5 Å². The van der Waals surface area contributed by atoms with Crippen LogP contribution < -0.4 is 15.5 Å². The molecule has 2 aromatic rings. The molecule has 0 bridgehead atoms. The number of nitrogens with zero attached hydrogens (tertiary/aromatic N) is 1. The molecule has 0 aromatic heterocycles. The van der Waals surface area contributed by atoms with Crippen LogP contribution in [0.2, 0.25) is 0 Å². The summed E-state index contributed by atoms with van der Waals surface area (Å²) in [5.74, 6) is -0.336. The molecule has 2 aromatic carbocycles. The number of aryl methyl sites for hydroxylation is 1. The second kappa shape index (κ2) is 9.80. The number of amides is 1. The molecule has 0 aliphatic carbocycles. The largest absolute Gasteiger partial charge is 0.376 e. The monoisotopic (exact) mass is 357 g/mol. The number of carbonyl (C=O) groups excluding carboxylic acids is 1. The molecule has 26 heavy (non-hydrogen) atoms. The van der Waals surface area contributed by atoms with Crippen molar-refractivity contribution in [2.45, 2.75) is 27.2 Å². The summed E-state index contributed by atoms with van der Waals surface area (Å²) in [5.41, 5.74) is 3.86.